The number of aromatic nitrogens is 1. The van der Waals surface area contributed by atoms with Gasteiger partial charge in [-0.05, 0) is 31.9 Å². The molecule has 226 valence electrons. The molecule has 2 rings (SSSR count). The fraction of sp³-hybridized carbons (Fsp3) is 0.567. The molecule has 5 N–H and O–H groups in total. The molecule has 0 aliphatic heterocycles. The number of nitrogens with one attached hydrogen (secondary N) is 5. The van der Waals surface area contributed by atoms with E-state index >= 15 is 0 Å². The molecule has 1 aromatic heterocycles. The normalized spacial score (nSPS) is 13.1. The molecule has 4 amide bonds. The minimum absolute atomic E-state index is 0.153. The molecule has 11 nitrogen and oxygen atoms in total. The van der Waals surface area contributed by atoms with E-state index in [9.17, 15) is 24.0 Å². The maximum Gasteiger partial charge on any atom is 0.328 e. The number of carbonyl (C=O) groups excluding carboxylic acids is 5. The van der Waals surface area contributed by atoms with Crippen molar-refractivity contribution in [1.82, 2.24) is 26.3 Å². The Morgan fingerprint density at radius 2 is 1.49 bits per heavy atom. The van der Waals surface area contributed by atoms with Gasteiger partial charge in [-0.25, -0.2) is 4.79 Å². The van der Waals surface area contributed by atoms with Crippen molar-refractivity contribution in [3.8, 4) is 0 Å². The predicted octanol–water partition coefficient (Wildman–Crippen LogP) is 2.63. The van der Waals surface area contributed by atoms with Gasteiger partial charge in [-0.15, -0.1) is 0 Å². The first-order valence-corrected chi connectivity index (χ1v) is 14.5. The second-order valence-corrected chi connectivity index (χ2v) is 10.3. The summed E-state index contributed by atoms with van der Waals surface area (Å²) >= 11 is 0. The Morgan fingerprint density at radius 3 is 2.20 bits per heavy atom. The molecule has 0 unspecified atom stereocenters. The third-order valence-electron chi connectivity index (χ3n) is 6.87. The number of methoxy groups -OCH3 is 1. The lowest BCUT2D eigenvalue weighted by Gasteiger charge is -2.22. The molecule has 0 aliphatic carbocycles. The van der Waals surface area contributed by atoms with Crippen LogP contribution in [0.4, 0.5) is 0 Å². The molecule has 11 heteroatoms. The second-order valence-electron chi connectivity index (χ2n) is 10.3. The van der Waals surface area contributed by atoms with E-state index in [1.165, 1.54) is 46.6 Å². The van der Waals surface area contributed by atoms with Crippen LogP contribution in [0.15, 0.2) is 30.5 Å². The molecular formula is C30H45N5O6. The van der Waals surface area contributed by atoms with E-state index in [2.05, 4.69) is 37.9 Å². The minimum Gasteiger partial charge on any atom is -0.467 e. The summed E-state index contributed by atoms with van der Waals surface area (Å²) in [6.07, 6.45) is 9.91. The summed E-state index contributed by atoms with van der Waals surface area (Å²) in [6, 6.07) is 4.68. The SMILES string of the molecule is CCCCCCCCCC(=O)NCC(=O)N[C@@H](Cc1c[nH]c2ccccc12)C(=O)N[C@@H](C)C(=O)N[C@@H](C)C(=O)OC. The highest BCUT2D eigenvalue weighted by atomic mass is 16.5. The van der Waals surface area contributed by atoms with Crippen LogP contribution in [0.2, 0.25) is 0 Å². The zero-order valence-corrected chi connectivity index (χ0v) is 24.6. The Balaban J connectivity index is 1.96. The van der Waals surface area contributed by atoms with Gasteiger partial charge in [0.2, 0.25) is 23.6 Å². The van der Waals surface area contributed by atoms with Gasteiger partial charge in [0.05, 0.1) is 13.7 Å². The number of aromatic amines is 1. The standard InChI is InChI=1S/C30H45N5O6/c1-5-6-7-8-9-10-11-16-26(36)32-19-27(37)35-25(17-22-18-31-24-15-13-12-14-23(22)24)29(39)33-20(2)28(38)34-21(3)30(40)41-4/h12-15,18,20-21,25,31H,5-11,16-17,19H2,1-4H3,(H,32,36)(H,33,39)(H,34,38)(H,35,37)/t20-,21-,25-/m0/s1. The fourth-order valence-electron chi connectivity index (χ4n) is 4.44. The van der Waals surface area contributed by atoms with Crippen LogP contribution in [0.3, 0.4) is 0 Å². The Labute approximate surface area is 241 Å². The highest BCUT2D eigenvalue weighted by molar-refractivity contribution is 5.94. The lowest BCUT2D eigenvalue weighted by atomic mass is 10.0. The first-order valence-electron chi connectivity index (χ1n) is 14.5. The molecule has 0 aliphatic rings. The maximum atomic E-state index is 13.2. The van der Waals surface area contributed by atoms with Gasteiger partial charge < -0.3 is 31.0 Å². The van der Waals surface area contributed by atoms with Crippen LogP contribution in [0.25, 0.3) is 10.9 Å². The zero-order chi connectivity index (χ0) is 30.2. The van der Waals surface area contributed by atoms with Crippen molar-refractivity contribution < 1.29 is 28.7 Å². The van der Waals surface area contributed by atoms with Crippen molar-refractivity contribution >= 4 is 40.5 Å². The monoisotopic (exact) mass is 571 g/mol. The van der Waals surface area contributed by atoms with Crippen LogP contribution in [0, 0.1) is 0 Å². The summed E-state index contributed by atoms with van der Waals surface area (Å²) in [5, 5.41) is 11.3. The molecule has 0 spiro atoms. The van der Waals surface area contributed by atoms with E-state index in [1.807, 2.05) is 24.3 Å². The van der Waals surface area contributed by atoms with Crippen LogP contribution in [-0.2, 0) is 35.1 Å². The minimum atomic E-state index is -1.02. The molecule has 0 radical (unpaired) electrons. The van der Waals surface area contributed by atoms with Gasteiger partial charge in [-0.3, -0.25) is 19.2 Å². The van der Waals surface area contributed by atoms with Gasteiger partial charge in [0.15, 0.2) is 0 Å². The van der Waals surface area contributed by atoms with E-state index in [4.69, 9.17) is 0 Å². The van der Waals surface area contributed by atoms with E-state index in [0.29, 0.717) is 6.42 Å². The number of benzene rings is 1. The number of hydrogen-bond acceptors (Lipinski definition) is 6. The second kappa shape index (κ2) is 17.7. The number of rotatable bonds is 18. The highest BCUT2D eigenvalue weighted by Gasteiger charge is 2.27. The topological polar surface area (TPSA) is 158 Å². The Bertz CT molecular complexity index is 1160. The lowest BCUT2D eigenvalue weighted by molar-refractivity contribution is -0.144. The number of unbranched alkanes of at least 4 members (excludes halogenated alkanes) is 6. The Hall–Kier alpha value is -3.89. The van der Waals surface area contributed by atoms with Crippen LogP contribution in [0.1, 0.15) is 77.7 Å². The lowest BCUT2D eigenvalue weighted by Crippen LogP contribution is -2.55. The largest absolute Gasteiger partial charge is 0.467 e. The van der Waals surface area contributed by atoms with Crippen LogP contribution < -0.4 is 21.3 Å². The van der Waals surface area contributed by atoms with Crippen molar-refractivity contribution in [1.29, 1.82) is 0 Å². The van der Waals surface area contributed by atoms with Crippen LogP contribution in [-0.4, -0.2) is 66.4 Å². The predicted molar refractivity (Wildman–Crippen MR) is 157 cm³/mol. The third kappa shape index (κ3) is 11.6. The molecule has 1 aromatic carbocycles. The first kappa shape index (κ1) is 33.3. The van der Waals surface area contributed by atoms with E-state index in [0.717, 1.165) is 35.7 Å². The highest BCUT2D eigenvalue weighted by Crippen LogP contribution is 2.19. The van der Waals surface area contributed by atoms with Gasteiger partial charge in [-0.2, -0.15) is 0 Å². The molecular weight excluding hydrogens is 526 g/mol. The average Bonchev–Trinajstić information content (AvgIpc) is 3.37. The van der Waals surface area contributed by atoms with E-state index in [-0.39, 0.29) is 18.9 Å². The smallest absolute Gasteiger partial charge is 0.328 e. The first-order chi connectivity index (χ1) is 19.7. The molecule has 0 bridgehead atoms. The van der Waals surface area contributed by atoms with E-state index in [1.54, 1.807) is 6.20 Å². The Kier molecular flexibility index (Phi) is 14.4. The molecule has 1 heterocycles. The number of amides is 4. The summed E-state index contributed by atoms with van der Waals surface area (Å²) in [7, 11) is 1.21. The molecule has 2 aromatic rings. The zero-order valence-electron chi connectivity index (χ0n) is 24.6. The van der Waals surface area contributed by atoms with Crippen LogP contribution in [0.5, 0.6) is 0 Å². The summed E-state index contributed by atoms with van der Waals surface area (Å²) in [4.78, 5) is 65.5. The third-order valence-corrected chi connectivity index (χ3v) is 6.87. The Morgan fingerprint density at radius 1 is 0.829 bits per heavy atom. The molecule has 0 fully saturated rings. The van der Waals surface area contributed by atoms with Crippen molar-refractivity contribution in [2.45, 2.75) is 96.7 Å². The summed E-state index contributed by atoms with van der Waals surface area (Å²) in [5.41, 5.74) is 1.69. The molecule has 41 heavy (non-hydrogen) atoms. The van der Waals surface area contributed by atoms with Crippen molar-refractivity contribution in [3.63, 3.8) is 0 Å². The summed E-state index contributed by atoms with van der Waals surface area (Å²) < 4.78 is 4.61. The number of H-pyrrole nitrogens is 1. The number of esters is 1. The quantitative estimate of drug-likeness (QED) is 0.137. The summed E-state index contributed by atoms with van der Waals surface area (Å²) in [5.74, 6) is -2.50. The number of para-hydroxylation sites is 1. The average molecular weight is 572 g/mol. The molecule has 0 saturated carbocycles. The number of fused-ring (bicyclic) bond motifs is 1. The number of carbonyl (C=O) groups is 5. The van der Waals surface area contributed by atoms with Gasteiger partial charge in [-0.1, -0.05) is 63.6 Å². The van der Waals surface area contributed by atoms with E-state index < -0.39 is 41.8 Å². The van der Waals surface area contributed by atoms with Gasteiger partial charge in [0.25, 0.3) is 0 Å². The van der Waals surface area contributed by atoms with Gasteiger partial charge >= 0.3 is 5.97 Å². The molecule has 3 atom stereocenters. The van der Waals surface area contributed by atoms with Crippen molar-refractivity contribution in [3.05, 3.63) is 36.0 Å². The molecule has 0 saturated heterocycles. The number of ether oxygens (including phenoxy) is 1. The van der Waals surface area contributed by atoms with Crippen molar-refractivity contribution in [2.75, 3.05) is 13.7 Å². The fourth-order valence-corrected chi connectivity index (χ4v) is 4.44. The van der Waals surface area contributed by atoms with Crippen molar-refractivity contribution in [2.24, 2.45) is 0 Å². The number of hydrogen-bond donors (Lipinski definition) is 5. The van der Waals surface area contributed by atoms with Gasteiger partial charge in [0, 0.05) is 29.9 Å². The maximum absolute atomic E-state index is 13.2. The van der Waals surface area contributed by atoms with Gasteiger partial charge in [0.1, 0.15) is 18.1 Å². The van der Waals surface area contributed by atoms with Crippen LogP contribution >= 0.6 is 0 Å². The summed E-state index contributed by atoms with van der Waals surface area (Å²) in [6.45, 7) is 4.86.